The predicted octanol–water partition coefficient (Wildman–Crippen LogP) is 12.8. The molecule has 0 bridgehead atoms. The molecule has 2 aliphatic heterocycles. The molecule has 10 rings (SSSR count). The molecule has 2 atom stereocenters. The first-order valence-corrected chi connectivity index (χ1v) is 25.7. The topological polar surface area (TPSA) is 193 Å². The summed E-state index contributed by atoms with van der Waals surface area (Å²) >= 11 is 0. The number of hydrogen-bond acceptors (Lipinski definition) is 13. The molecule has 8 aromatic rings. The van der Waals surface area contributed by atoms with E-state index in [2.05, 4.69) is 10.6 Å². The third-order valence-electron chi connectivity index (χ3n) is 14.5. The van der Waals surface area contributed by atoms with Gasteiger partial charge in [0.05, 0.1) is 24.3 Å². The van der Waals surface area contributed by atoms with E-state index in [9.17, 15) is 20.4 Å². The van der Waals surface area contributed by atoms with Gasteiger partial charge in [-0.05, 0) is 211 Å². The van der Waals surface area contributed by atoms with Crippen LogP contribution in [0.25, 0.3) is 67.4 Å². The van der Waals surface area contributed by atoms with Crippen LogP contribution in [0.15, 0.2) is 118 Å². The maximum Gasteiger partial charge on any atom is 0.194 e. The molecule has 13 nitrogen and oxygen atoms in total. The maximum atomic E-state index is 16.2. The van der Waals surface area contributed by atoms with Gasteiger partial charge < -0.3 is 49.6 Å². The van der Waals surface area contributed by atoms with Gasteiger partial charge in [-0.25, -0.2) is 0 Å². The number of ketones is 1. The lowest BCUT2D eigenvalue weighted by atomic mass is 9.85. The monoisotopic (exact) mass is 994 g/mol. The number of ether oxygens (including phenoxy) is 2. The first kappa shape index (κ1) is 49.7. The van der Waals surface area contributed by atoms with Crippen molar-refractivity contribution in [2.45, 2.75) is 91.1 Å². The summed E-state index contributed by atoms with van der Waals surface area (Å²) in [6.45, 7) is 10.3. The number of aryl methyl sites for hydroxylation is 4. The van der Waals surface area contributed by atoms with Crippen molar-refractivity contribution in [1.29, 1.82) is 0 Å². The highest BCUT2D eigenvalue weighted by atomic mass is 16.5. The van der Waals surface area contributed by atoms with Crippen molar-refractivity contribution in [3.63, 3.8) is 0 Å². The van der Waals surface area contributed by atoms with Crippen LogP contribution in [0.4, 0.5) is 0 Å². The zero-order valence-corrected chi connectivity index (χ0v) is 42.3. The average Bonchev–Trinajstić information content (AvgIpc) is 4.02. The molecule has 380 valence electrons. The smallest absolute Gasteiger partial charge is 0.194 e. The highest BCUT2D eigenvalue weighted by Crippen LogP contribution is 2.48. The Labute approximate surface area is 430 Å². The fraction of sp³-hybridized carbons (Fsp3) is 0.295. The highest BCUT2D eigenvalue weighted by Gasteiger charge is 2.32. The van der Waals surface area contributed by atoms with Crippen LogP contribution in [0.1, 0.15) is 89.5 Å². The molecule has 4 heterocycles. The van der Waals surface area contributed by atoms with Gasteiger partial charge in [-0.15, -0.1) is 0 Å². The summed E-state index contributed by atoms with van der Waals surface area (Å²) in [6.07, 6.45) is 8.40. The zero-order valence-electron chi connectivity index (χ0n) is 42.3. The maximum absolute atomic E-state index is 16.2. The lowest BCUT2D eigenvalue weighted by Gasteiger charge is -2.23. The van der Waals surface area contributed by atoms with Gasteiger partial charge in [-0.2, -0.15) is 0 Å². The Balaban J connectivity index is 1.19. The molecule has 2 aromatic heterocycles. The van der Waals surface area contributed by atoms with E-state index < -0.39 is 0 Å². The molecule has 6 aromatic carbocycles. The van der Waals surface area contributed by atoms with E-state index in [1.165, 1.54) is 12.8 Å². The standard InChI is InChI=1S/C61H62N4O9/c1-35-29-41(66)11-17-47(35)57-55(60(73-64-57)49-19-13-43(68)31-37(49)3)53-33-45(71-27-23-39-9-5-7-25-62-39)15-21-51(53)59(70)52-22-16-46(72-28-24-40-10-6-8-26-63-40)34-54(52)56-58(48-18-12-42(67)30-36(48)2)65-74-61(56)50-20-14-44(69)32-38(50)4/h11-22,29-34,39-40,62-63,66-69H,5-10,23-28H2,1-4H3. The Hall–Kier alpha value is -7.87. The zero-order chi connectivity index (χ0) is 51.5. The number of nitrogens with one attached hydrogen (secondary N) is 2. The van der Waals surface area contributed by atoms with E-state index in [0.717, 1.165) is 73.9 Å². The van der Waals surface area contributed by atoms with Gasteiger partial charge in [-0.3, -0.25) is 4.79 Å². The number of rotatable bonds is 16. The summed E-state index contributed by atoms with van der Waals surface area (Å²) in [6, 6.07) is 31.7. The fourth-order valence-electron chi connectivity index (χ4n) is 10.6. The van der Waals surface area contributed by atoms with Crippen molar-refractivity contribution < 1.29 is 43.7 Å². The van der Waals surface area contributed by atoms with E-state index in [0.29, 0.717) is 115 Å². The molecular weight excluding hydrogens is 933 g/mol. The van der Waals surface area contributed by atoms with Crippen LogP contribution in [0.3, 0.4) is 0 Å². The van der Waals surface area contributed by atoms with Crippen LogP contribution in [0.2, 0.25) is 0 Å². The number of carbonyl (C=O) groups is 1. The van der Waals surface area contributed by atoms with Crippen molar-refractivity contribution in [2.24, 2.45) is 0 Å². The molecule has 2 aliphatic rings. The van der Waals surface area contributed by atoms with Crippen molar-refractivity contribution >= 4 is 5.78 Å². The normalized spacial score (nSPS) is 15.8. The summed E-state index contributed by atoms with van der Waals surface area (Å²) in [5.74, 6) is 1.83. The molecule has 0 spiro atoms. The Morgan fingerprint density at radius 3 is 1.23 bits per heavy atom. The second-order valence-electron chi connectivity index (χ2n) is 19.8. The van der Waals surface area contributed by atoms with Gasteiger partial charge >= 0.3 is 0 Å². The van der Waals surface area contributed by atoms with Gasteiger partial charge in [0.2, 0.25) is 0 Å². The molecule has 2 saturated heterocycles. The molecular formula is C61H62N4O9. The summed E-state index contributed by atoms with van der Waals surface area (Å²) in [7, 11) is 0. The van der Waals surface area contributed by atoms with Crippen LogP contribution in [0.5, 0.6) is 34.5 Å². The van der Waals surface area contributed by atoms with Crippen molar-refractivity contribution in [3.8, 4) is 102 Å². The molecule has 0 saturated carbocycles. The summed E-state index contributed by atoms with van der Waals surface area (Å²) in [5.41, 5.74) is 9.03. The third kappa shape index (κ3) is 10.5. The van der Waals surface area contributed by atoms with Gasteiger partial charge in [0.1, 0.15) is 45.9 Å². The minimum Gasteiger partial charge on any atom is -0.508 e. The van der Waals surface area contributed by atoms with Crippen LogP contribution in [0, 0.1) is 27.7 Å². The van der Waals surface area contributed by atoms with Crippen LogP contribution in [-0.4, -0.2) is 74.9 Å². The molecule has 2 fully saturated rings. The van der Waals surface area contributed by atoms with Gasteiger partial charge in [-0.1, -0.05) is 23.2 Å². The van der Waals surface area contributed by atoms with Gasteiger partial charge in [0.15, 0.2) is 17.3 Å². The number of phenolic OH excluding ortho intramolecular Hbond substituents is 4. The quantitative estimate of drug-likeness (QED) is 0.0502. The number of phenols is 4. The lowest BCUT2D eigenvalue weighted by molar-refractivity contribution is 0.104. The lowest BCUT2D eigenvalue weighted by Crippen LogP contribution is -2.35. The van der Waals surface area contributed by atoms with Crippen molar-refractivity contribution in [3.05, 3.63) is 143 Å². The average molecular weight is 995 g/mol. The second-order valence-corrected chi connectivity index (χ2v) is 19.8. The summed E-state index contributed by atoms with van der Waals surface area (Å²) < 4.78 is 25.8. The summed E-state index contributed by atoms with van der Waals surface area (Å²) in [5, 5.41) is 58.9. The van der Waals surface area contributed by atoms with Crippen LogP contribution >= 0.6 is 0 Å². The first-order valence-electron chi connectivity index (χ1n) is 25.7. The minimum atomic E-state index is -0.350. The summed E-state index contributed by atoms with van der Waals surface area (Å²) in [4.78, 5) is 16.2. The van der Waals surface area contributed by atoms with E-state index in [4.69, 9.17) is 28.8 Å². The van der Waals surface area contributed by atoms with Crippen molar-refractivity contribution in [2.75, 3.05) is 26.3 Å². The minimum absolute atomic E-state index is 0.0868. The highest BCUT2D eigenvalue weighted by molar-refractivity contribution is 6.18. The van der Waals surface area contributed by atoms with E-state index >= 15 is 4.79 Å². The van der Waals surface area contributed by atoms with Crippen LogP contribution < -0.4 is 20.1 Å². The number of aromatic hydroxyl groups is 4. The molecule has 0 aliphatic carbocycles. The third-order valence-corrected chi connectivity index (χ3v) is 14.5. The van der Waals surface area contributed by atoms with Crippen LogP contribution in [-0.2, 0) is 0 Å². The second kappa shape index (κ2) is 21.7. The number of hydrogen-bond donors (Lipinski definition) is 6. The number of piperidine rings is 2. The molecule has 13 heteroatoms. The van der Waals surface area contributed by atoms with E-state index in [-0.39, 0.29) is 28.8 Å². The Kier molecular flexibility index (Phi) is 14.6. The Morgan fingerprint density at radius 1 is 0.500 bits per heavy atom. The molecule has 6 N–H and O–H groups in total. The number of carbonyl (C=O) groups excluding carboxylic acids is 1. The van der Waals surface area contributed by atoms with Crippen molar-refractivity contribution in [1.82, 2.24) is 20.9 Å². The van der Waals surface area contributed by atoms with E-state index in [1.807, 2.05) is 52.0 Å². The molecule has 2 unspecified atom stereocenters. The fourth-order valence-corrected chi connectivity index (χ4v) is 10.6. The first-order chi connectivity index (χ1) is 35.9. The molecule has 74 heavy (non-hydrogen) atoms. The van der Waals surface area contributed by atoms with Gasteiger partial charge in [0, 0.05) is 56.6 Å². The number of benzene rings is 6. The van der Waals surface area contributed by atoms with Gasteiger partial charge in [0.25, 0.3) is 0 Å². The molecule has 0 amide bonds. The van der Waals surface area contributed by atoms with E-state index in [1.54, 1.807) is 84.9 Å². The number of nitrogens with zero attached hydrogens (tertiary/aromatic N) is 2. The number of aromatic nitrogens is 2. The largest absolute Gasteiger partial charge is 0.508 e. The Bertz CT molecular complexity index is 2990. The SMILES string of the molecule is Cc1cc(O)ccc1-c1noc(-c2ccc(O)cc2C)c1-c1cc(OCCC2CCCCN2)ccc1C(=O)c1ccc(OCCC2CCCCN2)cc1-c1c(-c2ccc(O)cc2C)noc1-c1ccc(O)cc1C. The molecule has 0 radical (unpaired) electrons. The Morgan fingerprint density at radius 2 is 0.878 bits per heavy atom. The predicted molar refractivity (Wildman–Crippen MR) is 286 cm³/mol.